The highest BCUT2D eigenvalue weighted by Gasteiger charge is 2.24. The molecule has 1 unspecified atom stereocenters. The molecule has 0 aromatic heterocycles. The minimum absolute atomic E-state index is 0.0345. The number of aryl methyl sites for hydroxylation is 1. The van der Waals surface area contributed by atoms with Gasteiger partial charge in [-0.1, -0.05) is 40.9 Å². The topological polar surface area (TPSA) is 38.8 Å². The van der Waals surface area contributed by atoms with Gasteiger partial charge < -0.3 is 14.4 Å². The van der Waals surface area contributed by atoms with Crippen molar-refractivity contribution in [2.75, 3.05) is 19.8 Å². The summed E-state index contributed by atoms with van der Waals surface area (Å²) in [5.74, 6) is 0.509. The van der Waals surface area contributed by atoms with E-state index in [4.69, 9.17) is 44.3 Å². The Bertz CT molecular complexity index is 838. The van der Waals surface area contributed by atoms with Gasteiger partial charge in [0.25, 0.3) is 5.91 Å². The molecule has 1 aliphatic rings. The molecular formula is C21H22Cl3NO3. The summed E-state index contributed by atoms with van der Waals surface area (Å²) in [6.45, 7) is 3.43. The number of benzene rings is 2. The Balaban J connectivity index is 1.70. The van der Waals surface area contributed by atoms with Gasteiger partial charge in [-0.15, -0.1) is 0 Å². The minimum atomic E-state index is -0.129. The SMILES string of the molecule is Cc1cc(Cl)ccc1OCC(=O)N(Cc1ccc(Cl)cc1Cl)CC1CCCO1. The predicted octanol–water partition coefficient (Wildman–Crippen LogP) is 5.54. The average molecular weight is 443 g/mol. The smallest absolute Gasteiger partial charge is 0.260 e. The third-order valence-corrected chi connectivity index (χ3v) is 5.49. The lowest BCUT2D eigenvalue weighted by atomic mass is 10.1. The number of carbonyl (C=O) groups excluding carboxylic acids is 1. The number of nitrogens with zero attached hydrogens (tertiary/aromatic N) is 1. The Morgan fingerprint density at radius 3 is 2.61 bits per heavy atom. The number of rotatable bonds is 7. The molecule has 3 rings (SSSR count). The molecule has 0 radical (unpaired) electrons. The van der Waals surface area contributed by atoms with Crippen molar-refractivity contribution in [3.05, 3.63) is 62.6 Å². The van der Waals surface area contributed by atoms with Gasteiger partial charge in [0.05, 0.1) is 6.10 Å². The van der Waals surface area contributed by atoms with E-state index in [1.54, 1.807) is 35.2 Å². The molecule has 0 saturated carbocycles. The zero-order valence-electron chi connectivity index (χ0n) is 15.6. The van der Waals surface area contributed by atoms with E-state index in [1.807, 2.05) is 13.0 Å². The van der Waals surface area contributed by atoms with E-state index >= 15 is 0 Å². The van der Waals surface area contributed by atoms with Crippen LogP contribution in [0.25, 0.3) is 0 Å². The summed E-state index contributed by atoms with van der Waals surface area (Å²) in [4.78, 5) is 14.6. The van der Waals surface area contributed by atoms with E-state index < -0.39 is 0 Å². The molecule has 1 heterocycles. The van der Waals surface area contributed by atoms with Gasteiger partial charge in [-0.25, -0.2) is 0 Å². The molecule has 0 N–H and O–H groups in total. The van der Waals surface area contributed by atoms with Crippen LogP contribution in [0.5, 0.6) is 5.75 Å². The van der Waals surface area contributed by atoms with E-state index in [1.165, 1.54) is 0 Å². The highest BCUT2D eigenvalue weighted by Crippen LogP contribution is 2.24. The van der Waals surface area contributed by atoms with Crippen LogP contribution >= 0.6 is 34.8 Å². The van der Waals surface area contributed by atoms with Crippen LogP contribution in [-0.4, -0.2) is 36.7 Å². The van der Waals surface area contributed by atoms with Crippen molar-refractivity contribution in [2.45, 2.75) is 32.4 Å². The van der Waals surface area contributed by atoms with Crippen LogP contribution in [0.4, 0.5) is 0 Å². The van der Waals surface area contributed by atoms with E-state index in [2.05, 4.69) is 0 Å². The molecule has 0 spiro atoms. The first-order valence-corrected chi connectivity index (χ1v) is 10.3. The molecule has 1 fully saturated rings. The molecule has 28 heavy (non-hydrogen) atoms. The fraction of sp³-hybridized carbons (Fsp3) is 0.381. The standard InChI is InChI=1S/C21H22Cl3NO3/c1-14-9-16(22)6-7-20(14)28-13-21(26)25(12-18-3-2-8-27-18)11-15-4-5-17(23)10-19(15)24/h4-7,9-10,18H,2-3,8,11-13H2,1H3. The summed E-state index contributed by atoms with van der Waals surface area (Å²) < 4.78 is 11.5. The van der Waals surface area contributed by atoms with E-state index in [9.17, 15) is 4.79 Å². The lowest BCUT2D eigenvalue weighted by Gasteiger charge is -2.26. The van der Waals surface area contributed by atoms with Crippen molar-refractivity contribution in [2.24, 2.45) is 0 Å². The molecular weight excluding hydrogens is 421 g/mol. The van der Waals surface area contributed by atoms with E-state index in [0.717, 1.165) is 30.6 Å². The second-order valence-corrected chi connectivity index (χ2v) is 8.12. The van der Waals surface area contributed by atoms with Gasteiger partial charge in [0.2, 0.25) is 0 Å². The molecule has 1 saturated heterocycles. The molecule has 0 bridgehead atoms. The molecule has 1 atom stereocenters. The third-order valence-electron chi connectivity index (χ3n) is 4.67. The summed E-state index contributed by atoms with van der Waals surface area (Å²) in [5, 5.41) is 1.73. The van der Waals surface area contributed by atoms with Crippen LogP contribution < -0.4 is 4.74 Å². The summed E-state index contributed by atoms with van der Waals surface area (Å²) in [5.41, 5.74) is 1.71. The zero-order chi connectivity index (χ0) is 20.1. The minimum Gasteiger partial charge on any atom is -0.483 e. The summed E-state index contributed by atoms with van der Waals surface area (Å²) in [6.07, 6.45) is 1.98. The van der Waals surface area contributed by atoms with Gasteiger partial charge >= 0.3 is 0 Å². The number of hydrogen-bond donors (Lipinski definition) is 0. The monoisotopic (exact) mass is 441 g/mol. The molecule has 4 nitrogen and oxygen atoms in total. The number of ether oxygens (including phenoxy) is 2. The van der Waals surface area contributed by atoms with Crippen LogP contribution in [0.2, 0.25) is 15.1 Å². The molecule has 2 aromatic carbocycles. The number of hydrogen-bond acceptors (Lipinski definition) is 3. The van der Waals surface area contributed by atoms with Crippen molar-refractivity contribution >= 4 is 40.7 Å². The molecule has 150 valence electrons. The Labute approximate surface area is 180 Å². The first kappa shape index (κ1) is 21.3. The summed E-state index contributed by atoms with van der Waals surface area (Å²) in [6, 6.07) is 10.6. The second-order valence-electron chi connectivity index (χ2n) is 6.84. The first-order valence-electron chi connectivity index (χ1n) is 9.14. The van der Waals surface area contributed by atoms with E-state index in [0.29, 0.717) is 33.9 Å². The Kier molecular flexibility index (Phi) is 7.47. The van der Waals surface area contributed by atoms with Crippen LogP contribution in [0, 0.1) is 6.92 Å². The van der Waals surface area contributed by atoms with E-state index in [-0.39, 0.29) is 18.6 Å². The molecule has 1 aliphatic heterocycles. The Morgan fingerprint density at radius 1 is 1.18 bits per heavy atom. The first-order chi connectivity index (χ1) is 13.4. The number of carbonyl (C=O) groups is 1. The van der Waals surface area contributed by atoms with Crippen molar-refractivity contribution in [3.63, 3.8) is 0 Å². The lowest BCUT2D eigenvalue weighted by molar-refractivity contribution is -0.135. The fourth-order valence-corrected chi connectivity index (χ4v) is 3.84. The average Bonchev–Trinajstić information content (AvgIpc) is 3.15. The maximum Gasteiger partial charge on any atom is 0.260 e. The fourth-order valence-electron chi connectivity index (χ4n) is 3.15. The van der Waals surface area contributed by atoms with Crippen LogP contribution in [-0.2, 0) is 16.1 Å². The third kappa shape index (κ3) is 5.77. The predicted molar refractivity (Wildman–Crippen MR) is 113 cm³/mol. The van der Waals surface area contributed by atoms with Gasteiger partial charge in [0, 0.05) is 34.8 Å². The highest BCUT2D eigenvalue weighted by molar-refractivity contribution is 6.35. The van der Waals surface area contributed by atoms with Crippen LogP contribution in [0.15, 0.2) is 36.4 Å². The number of halogens is 3. The van der Waals surface area contributed by atoms with Gasteiger partial charge in [-0.2, -0.15) is 0 Å². The van der Waals surface area contributed by atoms with Crippen molar-refractivity contribution in [3.8, 4) is 5.75 Å². The van der Waals surface area contributed by atoms with Gasteiger partial charge in [-0.05, 0) is 61.2 Å². The summed E-state index contributed by atoms with van der Waals surface area (Å²) in [7, 11) is 0. The Hall–Kier alpha value is -1.46. The maximum absolute atomic E-state index is 12.9. The molecule has 0 aliphatic carbocycles. The van der Waals surface area contributed by atoms with Crippen LogP contribution in [0.3, 0.4) is 0 Å². The molecule has 2 aromatic rings. The highest BCUT2D eigenvalue weighted by atomic mass is 35.5. The normalized spacial score (nSPS) is 16.2. The van der Waals surface area contributed by atoms with Gasteiger partial charge in [-0.3, -0.25) is 4.79 Å². The van der Waals surface area contributed by atoms with Crippen molar-refractivity contribution in [1.29, 1.82) is 0 Å². The van der Waals surface area contributed by atoms with Crippen molar-refractivity contribution < 1.29 is 14.3 Å². The zero-order valence-corrected chi connectivity index (χ0v) is 17.9. The summed E-state index contributed by atoms with van der Waals surface area (Å²) >= 11 is 18.3. The number of amides is 1. The van der Waals surface area contributed by atoms with Gasteiger partial charge in [0.1, 0.15) is 5.75 Å². The maximum atomic E-state index is 12.9. The van der Waals surface area contributed by atoms with Crippen molar-refractivity contribution in [1.82, 2.24) is 4.90 Å². The Morgan fingerprint density at radius 2 is 1.93 bits per heavy atom. The molecule has 7 heteroatoms. The quantitative estimate of drug-likeness (QED) is 0.565. The van der Waals surface area contributed by atoms with Gasteiger partial charge in [0.15, 0.2) is 6.61 Å². The lowest BCUT2D eigenvalue weighted by Crippen LogP contribution is -2.39. The largest absolute Gasteiger partial charge is 0.483 e. The second kappa shape index (κ2) is 9.84. The van der Waals surface area contributed by atoms with Crippen LogP contribution in [0.1, 0.15) is 24.0 Å². The molecule has 1 amide bonds.